The lowest BCUT2D eigenvalue weighted by atomic mass is 10.1. The zero-order chi connectivity index (χ0) is 13.3. The molecule has 0 atom stereocenters. The van der Waals surface area contributed by atoms with Crippen molar-refractivity contribution in [1.29, 1.82) is 0 Å². The van der Waals surface area contributed by atoms with Crippen LogP contribution in [0.15, 0.2) is 30.0 Å². The van der Waals surface area contributed by atoms with Gasteiger partial charge in [-0.15, -0.1) is 0 Å². The van der Waals surface area contributed by atoms with Crippen molar-refractivity contribution < 1.29 is 9.90 Å². The lowest BCUT2D eigenvalue weighted by Crippen LogP contribution is -2.30. The van der Waals surface area contributed by atoms with Crippen LogP contribution in [0.3, 0.4) is 0 Å². The Morgan fingerprint density at radius 3 is 2.61 bits per heavy atom. The Bertz CT molecular complexity index is 540. The molecule has 1 heterocycles. The number of hydrogen-bond acceptors (Lipinski definition) is 3. The fourth-order valence-electron chi connectivity index (χ4n) is 1.85. The summed E-state index contributed by atoms with van der Waals surface area (Å²) >= 11 is 5.19. The van der Waals surface area contributed by atoms with Crippen molar-refractivity contribution in [3.63, 3.8) is 0 Å². The summed E-state index contributed by atoms with van der Waals surface area (Å²) in [6, 6.07) is 6.88. The molecule has 0 bridgehead atoms. The third-order valence-corrected chi connectivity index (χ3v) is 3.38. The van der Waals surface area contributed by atoms with Gasteiger partial charge >= 0.3 is 0 Å². The molecule has 0 unspecified atom stereocenters. The molecule has 0 spiro atoms. The van der Waals surface area contributed by atoms with Crippen molar-refractivity contribution in [1.82, 2.24) is 9.80 Å². The van der Waals surface area contributed by atoms with Crippen molar-refractivity contribution in [3.8, 4) is 5.75 Å². The number of aromatic hydroxyl groups is 1. The van der Waals surface area contributed by atoms with Gasteiger partial charge in [-0.05, 0) is 31.3 Å². The molecule has 1 saturated heterocycles. The summed E-state index contributed by atoms with van der Waals surface area (Å²) in [7, 11) is 1.75. The first-order valence-electron chi connectivity index (χ1n) is 5.65. The number of hydrogen-bond donors (Lipinski definition) is 1. The Hall–Kier alpha value is -1.88. The van der Waals surface area contributed by atoms with Crippen molar-refractivity contribution >= 4 is 29.3 Å². The molecule has 1 aromatic carbocycles. The molecule has 1 fully saturated rings. The molecule has 2 rings (SSSR count). The maximum atomic E-state index is 12.1. The number of phenolic OH excluding ortho intramolecular Hbond substituents is 1. The number of likely N-dealkylation sites (N-methyl/N-ethyl adjacent to an activating group) is 2. The summed E-state index contributed by atoms with van der Waals surface area (Å²) in [6.07, 6.45) is 1.65. The Morgan fingerprint density at radius 2 is 2.06 bits per heavy atom. The monoisotopic (exact) mass is 262 g/mol. The largest absolute Gasteiger partial charge is 0.507 e. The average molecular weight is 262 g/mol. The second-order valence-corrected chi connectivity index (χ2v) is 4.34. The third-order valence-electron chi connectivity index (χ3n) is 2.89. The first kappa shape index (κ1) is 12.6. The molecular weight excluding hydrogens is 248 g/mol. The molecule has 1 N–H and O–H groups in total. The number of para-hydroxylation sites is 1. The lowest BCUT2D eigenvalue weighted by Gasteiger charge is -2.13. The second-order valence-electron chi connectivity index (χ2n) is 3.98. The van der Waals surface area contributed by atoms with Crippen LogP contribution in [-0.4, -0.2) is 39.5 Å². The Labute approximate surface area is 111 Å². The van der Waals surface area contributed by atoms with Crippen LogP contribution >= 0.6 is 12.2 Å². The number of carbonyl (C=O) groups excluding carboxylic acids is 1. The van der Waals surface area contributed by atoms with Crippen LogP contribution < -0.4 is 0 Å². The quantitative estimate of drug-likeness (QED) is 0.652. The second kappa shape index (κ2) is 4.78. The van der Waals surface area contributed by atoms with E-state index in [-0.39, 0.29) is 11.7 Å². The van der Waals surface area contributed by atoms with Gasteiger partial charge in [0.15, 0.2) is 5.11 Å². The number of benzene rings is 1. The van der Waals surface area contributed by atoms with E-state index >= 15 is 0 Å². The highest BCUT2D eigenvalue weighted by atomic mass is 32.1. The average Bonchev–Trinajstić information content (AvgIpc) is 2.56. The summed E-state index contributed by atoms with van der Waals surface area (Å²) in [6.45, 7) is 2.42. The predicted molar refractivity (Wildman–Crippen MR) is 73.8 cm³/mol. The summed E-state index contributed by atoms with van der Waals surface area (Å²) in [4.78, 5) is 15.3. The number of amides is 1. The van der Waals surface area contributed by atoms with Crippen LogP contribution in [0.5, 0.6) is 5.75 Å². The lowest BCUT2D eigenvalue weighted by molar-refractivity contribution is -0.122. The van der Waals surface area contributed by atoms with Crippen LogP contribution in [0, 0.1) is 0 Å². The number of carbonyl (C=O) groups is 1. The fourth-order valence-corrected chi connectivity index (χ4v) is 2.16. The van der Waals surface area contributed by atoms with E-state index in [1.165, 1.54) is 4.90 Å². The highest BCUT2D eigenvalue weighted by molar-refractivity contribution is 7.80. The molecule has 1 aromatic rings. The van der Waals surface area contributed by atoms with Crippen LogP contribution in [0.1, 0.15) is 12.5 Å². The molecule has 0 radical (unpaired) electrons. The van der Waals surface area contributed by atoms with Crippen molar-refractivity contribution in [2.75, 3.05) is 13.6 Å². The van der Waals surface area contributed by atoms with Gasteiger partial charge in [0.25, 0.3) is 5.91 Å². The van der Waals surface area contributed by atoms with Crippen LogP contribution in [0.25, 0.3) is 6.08 Å². The minimum atomic E-state index is -0.131. The molecule has 0 aromatic heterocycles. The number of phenols is 1. The van der Waals surface area contributed by atoms with Crippen molar-refractivity contribution in [2.45, 2.75) is 6.92 Å². The number of rotatable bonds is 2. The molecule has 5 heteroatoms. The molecule has 4 nitrogen and oxygen atoms in total. The summed E-state index contributed by atoms with van der Waals surface area (Å²) in [5.74, 6) is 0.0142. The number of nitrogens with zero attached hydrogens (tertiary/aromatic N) is 2. The normalized spacial score (nSPS) is 18.0. The fraction of sp³-hybridized carbons (Fsp3) is 0.231. The smallest absolute Gasteiger partial charge is 0.276 e. The van der Waals surface area contributed by atoms with E-state index in [1.807, 2.05) is 6.92 Å². The molecule has 94 valence electrons. The topological polar surface area (TPSA) is 43.8 Å². The highest BCUT2D eigenvalue weighted by Crippen LogP contribution is 2.25. The van der Waals surface area contributed by atoms with Gasteiger partial charge in [-0.2, -0.15) is 0 Å². The van der Waals surface area contributed by atoms with Gasteiger partial charge in [0, 0.05) is 19.2 Å². The van der Waals surface area contributed by atoms with E-state index in [4.69, 9.17) is 12.2 Å². The van der Waals surface area contributed by atoms with E-state index in [0.29, 0.717) is 22.9 Å². The van der Waals surface area contributed by atoms with Crippen molar-refractivity contribution in [3.05, 3.63) is 35.5 Å². The van der Waals surface area contributed by atoms with Gasteiger partial charge in [0.2, 0.25) is 0 Å². The first-order valence-corrected chi connectivity index (χ1v) is 6.06. The summed E-state index contributed by atoms with van der Waals surface area (Å²) < 4.78 is 0. The van der Waals surface area contributed by atoms with Gasteiger partial charge < -0.3 is 10.0 Å². The third kappa shape index (κ3) is 1.97. The molecule has 1 aliphatic heterocycles. The molecule has 18 heavy (non-hydrogen) atoms. The standard InChI is InChI=1S/C13H14N2O2S/c1-3-15-12(17)10(14(2)13(15)18)8-9-6-4-5-7-11(9)16/h4-8,16H,3H2,1-2H3/b10-8-. The first-order chi connectivity index (χ1) is 8.56. The van der Waals surface area contributed by atoms with Gasteiger partial charge in [0.05, 0.1) is 0 Å². The Morgan fingerprint density at radius 1 is 1.39 bits per heavy atom. The molecular formula is C13H14N2O2S. The van der Waals surface area contributed by atoms with Crippen LogP contribution in [-0.2, 0) is 4.79 Å². The summed E-state index contributed by atoms with van der Waals surface area (Å²) in [5.41, 5.74) is 1.08. The van der Waals surface area contributed by atoms with Gasteiger partial charge in [-0.25, -0.2) is 0 Å². The number of thiocarbonyl (C=S) groups is 1. The van der Waals surface area contributed by atoms with Gasteiger partial charge in [-0.1, -0.05) is 18.2 Å². The Kier molecular flexibility index (Phi) is 3.34. The zero-order valence-corrected chi connectivity index (χ0v) is 11.1. The van der Waals surface area contributed by atoms with Crippen LogP contribution in [0.4, 0.5) is 0 Å². The molecule has 0 aliphatic carbocycles. The van der Waals surface area contributed by atoms with E-state index < -0.39 is 0 Å². The van der Waals surface area contributed by atoms with Crippen molar-refractivity contribution in [2.24, 2.45) is 0 Å². The Balaban J connectivity index is 2.43. The SMILES string of the molecule is CCN1C(=O)/C(=C/c2ccccc2O)N(C)C1=S. The molecule has 1 amide bonds. The van der Waals surface area contributed by atoms with Gasteiger partial charge in [-0.3, -0.25) is 9.69 Å². The van der Waals surface area contributed by atoms with Crippen LogP contribution in [0.2, 0.25) is 0 Å². The van der Waals surface area contributed by atoms with Gasteiger partial charge in [0.1, 0.15) is 11.4 Å². The molecule has 0 saturated carbocycles. The van der Waals surface area contributed by atoms with E-state index in [9.17, 15) is 9.90 Å². The maximum absolute atomic E-state index is 12.1. The van der Waals surface area contributed by atoms with E-state index in [0.717, 1.165) is 0 Å². The maximum Gasteiger partial charge on any atom is 0.276 e. The van der Waals surface area contributed by atoms with E-state index in [2.05, 4.69) is 0 Å². The minimum Gasteiger partial charge on any atom is -0.507 e. The predicted octanol–water partition coefficient (Wildman–Crippen LogP) is 1.81. The highest BCUT2D eigenvalue weighted by Gasteiger charge is 2.34. The minimum absolute atomic E-state index is 0.131. The summed E-state index contributed by atoms with van der Waals surface area (Å²) in [5, 5.41) is 10.2. The van der Waals surface area contributed by atoms with E-state index in [1.54, 1.807) is 42.3 Å². The molecule has 1 aliphatic rings. The zero-order valence-electron chi connectivity index (χ0n) is 10.3.